The van der Waals surface area contributed by atoms with E-state index in [1.54, 1.807) is 12.1 Å². The van der Waals surface area contributed by atoms with Crippen molar-refractivity contribution in [1.29, 1.82) is 0 Å². The highest BCUT2D eigenvalue weighted by Crippen LogP contribution is 2.22. The third-order valence-corrected chi connectivity index (χ3v) is 6.68. The lowest BCUT2D eigenvalue weighted by Gasteiger charge is -2.23. The molecule has 136 valence electrons. The second-order valence-corrected chi connectivity index (χ2v) is 8.71. The topological polar surface area (TPSA) is 58.2 Å². The van der Waals surface area contributed by atoms with Crippen molar-refractivity contribution >= 4 is 22.4 Å². The summed E-state index contributed by atoms with van der Waals surface area (Å²) in [6.07, 6.45) is 8.89. The fourth-order valence-corrected chi connectivity index (χ4v) is 5.04. The minimum absolute atomic E-state index is 0. The van der Waals surface area contributed by atoms with Gasteiger partial charge in [0, 0.05) is 6.04 Å². The smallest absolute Gasteiger partial charge is 0.240 e. The normalized spacial score (nSPS) is 20.5. The van der Waals surface area contributed by atoms with Gasteiger partial charge in [-0.1, -0.05) is 31.4 Å². The van der Waals surface area contributed by atoms with Crippen LogP contribution in [0, 0.1) is 5.92 Å². The predicted octanol–water partition coefficient (Wildman–Crippen LogP) is 3.26. The van der Waals surface area contributed by atoms with Crippen LogP contribution in [0.25, 0.3) is 0 Å². The standard InChI is InChI=1S/C18H28N2O2S.ClH/c21-23(22,20-17-4-2-1-3-5-17)18-8-6-15(7-9-18)14-16-10-12-19-13-11-16;/h6-9,16-17,19-20H,1-5,10-14H2;1H. The molecular formula is C18H29ClN2O2S. The summed E-state index contributed by atoms with van der Waals surface area (Å²) in [5.41, 5.74) is 1.24. The number of rotatable bonds is 5. The maximum atomic E-state index is 12.5. The van der Waals surface area contributed by atoms with Gasteiger partial charge in [0.25, 0.3) is 0 Å². The Balaban J connectivity index is 0.00000208. The van der Waals surface area contributed by atoms with Gasteiger partial charge < -0.3 is 5.32 Å². The SMILES string of the molecule is Cl.O=S(=O)(NC1CCCCC1)c1ccc(CC2CCNCC2)cc1. The van der Waals surface area contributed by atoms with Crippen LogP contribution in [0.4, 0.5) is 0 Å². The average molecular weight is 373 g/mol. The second kappa shape index (κ2) is 9.18. The van der Waals surface area contributed by atoms with E-state index in [2.05, 4.69) is 10.0 Å². The van der Waals surface area contributed by atoms with Gasteiger partial charge in [0.1, 0.15) is 0 Å². The average Bonchev–Trinajstić information content (AvgIpc) is 2.57. The van der Waals surface area contributed by atoms with E-state index >= 15 is 0 Å². The number of hydrogen-bond donors (Lipinski definition) is 2. The van der Waals surface area contributed by atoms with Crippen molar-refractivity contribution in [1.82, 2.24) is 10.0 Å². The highest BCUT2D eigenvalue weighted by molar-refractivity contribution is 7.89. The molecule has 1 heterocycles. The van der Waals surface area contributed by atoms with Crippen molar-refractivity contribution in [3.63, 3.8) is 0 Å². The van der Waals surface area contributed by atoms with E-state index in [0.717, 1.165) is 51.1 Å². The highest BCUT2D eigenvalue weighted by Gasteiger charge is 2.22. The Hall–Kier alpha value is -0.620. The highest BCUT2D eigenvalue weighted by atomic mass is 35.5. The summed E-state index contributed by atoms with van der Waals surface area (Å²) in [7, 11) is -3.37. The summed E-state index contributed by atoms with van der Waals surface area (Å²) in [5, 5.41) is 3.38. The first-order valence-electron chi connectivity index (χ1n) is 8.95. The van der Waals surface area contributed by atoms with Gasteiger partial charge in [0.15, 0.2) is 0 Å². The lowest BCUT2D eigenvalue weighted by molar-refractivity contribution is 0.372. The maximum absolute atomic E-state index is 12.5. The maximum Gasteiger partial charge on any atom is 0.240 e. The Morgan fingerprint density at radius 3 is 2.21 bits per heavy atom. The number of piperidine rings is 1. The summed E-state index contributed by atoms with van der Waals surface area (Å²) in [6.45, 7) is 2.20. The molecular weight excluding hydrogens is 344 g/mol. The number of nitrogens with one attached hydrogen (secondary N) is 2. The van der Waals surface area contributed by atoms with Crippen LogP contribution in [0.15, 0.2) is 29.2 Å². The monoisotopic (exact) mass is 372 g/mol. The van der Waals surface area contributed by atoms with Crippen LogP contribution >= 0.6 is 12.4 Å². The van der Waals surface area contributed by atoms with Crippen LogP contribution in [0.5, 0.6) is 0 Å². The van der Waals surface area contributed by atoms with Gasteiger partial charge in [0.2, 0.25) is 10.0 Å². The van der Waals surface area contributed by atoms with E-state index in [4.69, 9.17) is 0 Å². The Bertz CT molecular complexity index is 592. The molecule has 0 spiro atoms. The Kier molecular flexibility index (Phi) is 7.54. The van der Waals surface area contributed by atoms with Crippen LogP contribution in [0.3, 0.4) is 0 Å². The Morgan fingerprint density at radius 1 is 0.958 bits per heavy atom. The Labute approximate surface area is 152 Å². The van der Waals surface area contributed by atoms with E-state index in [1.165, 1.54) is 24.8 Å². The van der Waals surface area contributed by atoms with Crippen molar-refractivity contribution in [2.45, 2.75) is 62.3 Å². The number of halogens is 1. The molecule has 1 saturated heterocycles. The molecule has 0 unspecified atom stereocenters. The first-order valence-corrected chi connectivity index (χ1v) is 10.4. The number of sulfonamides is 1. The van der Waals surface area contributed by atoms with E-state index in [1.807, 2.05) is 12.1 Å². The summed E-state index contributed by atoms with van der Waals surface area (Å²) < 4.78 is 27.8. The third kappa shape index (κ3) is 5.45. The van der Waals surface area contributed by atoms with Crippen molar-refractivity contribution < 1.29 is 8.42 Å². The van der Waals surface area contributed by atoms with E-state index < -0.39 is 10.0 Å². The van der Waals surface area contributed by atoms with E-state index in [-0.39, 0.29) is 18.4 Å². The molecule has 6 heteroatoms. The quantitative estimate of drug-likeness (QED) is 0.834. The van der Waals surface area contributed by atoms with Crippen molar-refractivity contribution in [2.75, 3.05) is 13.1 Å². The fourth-order valence-electron chi connectivity index (χ4n) is 3.73. The summed E-state index contributed by atoms with van der Waals surface area (Å²) >= 11 is 0. The van der Waals surface area contributed by atoms with Crippen LogP contribution in [-0.2, 0) is 16.4 Å². The van der Waals surface area contributed by atoms with Crippen molar-refractivity contribution in [3.05, 3.63) is 29.8 Å². The van der Waals surface area contributed by atoms with Crippen LogP contribution in [0.2, 0.25) is 0 Å². The minimum atomic E-state index is -3.37. The zero-order valence-electron chi connectivity index (χ0n) is 14.2. The molecule has 2 aliphatic rings. The van der Waals surface area contributed by atoms with E-state index in [9.17, 15) is 8.42 Å². The van der Waals surface area contributed by atoms with Crippen molar-refractivity contribution in [2.24, 2.45) is 5.92 Å². The molecule has 0 bridgehead atoms. The lowest BCUT2D eigenvalue weighted by atomic mass is 9.91. The summed E-state index contributed by atoms with van der Waals surface area (Å²) in [4.78, 5) is 0.400. The molecule has 0 aromatic heterocycles. The fraction of sp³-hybridized carbons (Fsp3) is 0.667. The van der Waals surface area contributed by atoms with Crippen LogP contribution in [0.1, 0.15) is 50.5 Å². The molecule has 0 radical (unpaired) electrons. The second-order valence-electron chi connectivity index (χ2n) is 7.00. The Morgan fingerprint density at radius 2 is 1.58 bits per heavy atom. The summed E-state index contributed by atoms with van der Waals surface area (Å²) in [5.74, 6) is 0.721. The molecule has 3 rings (SSSR count). The van der Waals surface area contributed by atoms with E-state index in [0.29, 0.717) is 4.90 Å². The lowest BCUT2D eigenvalue weighted by Crippen LogP contribution is -2.36. The molecule has 1 saturated carbocycles. The number of benzene rings is 1. The first-order chi connectivity index (χ1) is 11.1. The van der Waals surface area contributed by atoms with Gasteiger partial charge in [-0.3, -0.25) is 0 Å². The van der Waals surface area contributed by atoms with Gasteiger partial charge in [-0.05, 0) is 68.8 Å². The molecule has 2 fully saturated rings. The number of hydrogen-bond acceptors (Lipinski definition) is 3. The van der Waals surface area contributed by atoms with Gasteiger partial charge in [-0.25, -0.2) is 13.1 Å². The molecule has 0 atom stereocenters. The molecule has 2 N–H and O–H groups in total. The molecule has 24 heavy (non-hydrogen) atoms. The van der Waals surface area contributed by atoms with Crippen LogP contribution in [-0.4, -0.2) is 27.5 Å². The molecule has 1 aromatic rings. The molecule has 1 aromatic carbocycles. The van der Waals surface area contributed by atoms with Gasteiger partial charge >= 0.3 is 0 Å². The first kappa shape index (κ1) is 19.7. The minimum Gasteiger partial charge on any atom is -0.317 e. The largest absolute Gasteiger partial charge is 0.317 e. The van der Waals surface area contributed by atoms with Crippen molar-refractivity contribution in [3.8, 4) is 0 Å². The molecule has 1 aliphatic heterocycles. The third-order valence-electron chi connectivity index (χ3n) is 5.14. The molecule has 4 nitrogen and oxygen atoms in total. The molecule has 1 aliphatic carbocycles. The zero-order chi connectivity index (χ0) is 16.1. The predicted molar refractivity (Wildman–Crippen MR) is 100 cm³/mol. The summed E-state index contributed by atoms with van der Waals surface area (Å²) in [6, 6.07) is 7.61. The van der Waals surface area contributed by atoms with Gasteiger partial charge in [-0.2, -0.15) is 0 Å². The van der Waals surface area contributed by atoms with Gasteiger partial charge in [-0.15, -0.1) is 12.4 Å². The van der Waals surface area contributed by atoms with Crippen LogP contribution < -0.4 is 10.0 Å². The van der Waals surface area contributed by atoms with Gasteiger partial charge in [0.05, 0.1) is 4.90 Å². The zero-order valence-corrected chi connectivity index (χ0v) is 15.8. The molecule has 0 amide bonds.